The average molecular weight is 316 g/mol. The molecule has 1 fully saturated rings. The maximum absolute atomic E-state index is 11.5. The molecule has 0 amide bonds. The first-order valence-corrected chi connectivity index (χ1v) is 9.24. The van der Waals surface area contributed by atoms with Crippen molar-refractivity contribution in [2.45, 2.75) is 0 Å². The quantitative estimate of drug-likeness (QED) is 0.873. The number of nitrogens with zero attached hydrogens (tertiary/aromatic N) is 2. The third-order valence-corrected chi connectivity index (χ3v) is 5.35. The maximum Gasteiger partial charge on any atom is 0.211 e. The minimum Gasteiger partial charge on any atom is -0.369 e. The van der Waals surface area contributed by atoms with Crippen molar-refractivity contribution < 1.29 is 8.42 Å². The first-order valence-electron chi connectivity index (χ1n) is 7.39. The largest absolute Gasteiger partial charge is 0.369 e. The minimum absolute atomic E-state index is 0.555. The smallest absolute Gasteiger partial charge is 0.211 e. The van der Waals surface area contributed by atoms with E-state index < -0.39 is 10.0 Å². The number of piperazine rings is 1. The molecule has 0 aliphatic carbocycles. The summed E-state index contributed by atoms with van der Waals surface area (Å²) in [7, 11) is -3.07. The van der Waals surface area contributed by atoms with Gasteiger partial charge in [-0.2, -0.15) is 4.31 Å². The molecule has 0 spiro atoms. The van der Waals surface area contributed by atoms with Crippen LogP contribution in [0.25, 0.3) is 11.1 Å². The lowest BCUT2D eigenvalue weighted by atomic mass is 10.1. The van der Waals surface area contributed by atoms with E-state index in [-0.39, 0.29) is 0 Å². The summed E-state index contributed by atoms with van der Waals surface area (Å²) in [6.45, 7) is 2.58. The molecule has 22 heavy (non-hydrogen) atoms. The van der Waals surface area contributed by atoms with Gasteiger partial charge in [-0.3, -0.25) is 0 Å². The Morgan fingerprint density at radius 3 is 1.86 bits per heavy atom. The van der Waals surface area contributed by atoms with Crippen molar-refractivity contribution in [2.24, 2.45) is 0 Å². The molecule has 1 saturated heterocycles. The third kappa shape index (κ3) is 3.31. The van der Waals surface area contributed by atoms with E-state index in [1.807, 2.05) is 18.2 Å². The molecular formula is C17H20N2O2S. The van der Waals surface area contributed by atoms with Gasteiger partial charge in [-0.25, -0.2) is 8.42 Å². The number of hydrogen-bond donors (Lipinski definition) is 0. The van der Waals surface area contributed by atoms with Crippen LogP contribution in [0.1, 0.15) is 0 Å². The molecule has 1 aliphatic heterocycles. The molecule has 0 N–H and O–H groups in total. The van der Waals surface area contributed by atoms with Crippen LogP contribution in [0.4, 0.5) is 5.69 Å². The Hall–Kier alpha value is -1.85. The number of anilines is 1. The zero-order valence-electron chi connectivity index (χ0n) is 12.6. The van der Waals surface area contributed by atoms with Crippen LogP contribution < -0.4 is 4.90 Å². The van der Waals surface area contributed by atoms with E-state index in [1.165, 1.54) is 17.4 Å². The molecule has 0 bridgehead atoms. The van der Waals surface area contributed by atoms with E-state index in [0.29, 0.717) is 13.1 Å². The molecule has 2 aromatic rings. The predicted molar refractivity (Wildman–Crippen MR) is 90.5 cm³/mol. The van der Waals surface area contributed by atoms with Gasteiger partial charge >= 0.3 is 0 Å². The molecule has 116 valence electrons. The summed E-state index contributed by atoms with van der Waals surface area (Å²) in [5.41, 5.74) is 3.54. The summed E-state index contributed by atoms with van der Waals surface area (Å²) in [4.78, 5) is 2.23. The van der Waals surface area contributed by atoms with E-state index in [1.54, 1.807) is 4.31 Å². The minimum atomic E-state index is -3.07. The van der Waals surface area contributed by atoms with Gasteiger partial charge in [-0.1, -0.05) is 42.5 Å². The second-order valence-corrected chi connectivity index (χ2v) is 7.54. The molecule has 0 atom stereocenters. The van der Waals surface area contributed by atoms with Gasteiger partial charge in [0.15, 0.2) is 0 Å². The molecule has 3 rings (SSSR count). The molecule has 0 radical (unpaired) electrons. The van der Waals surface area contributed by atoms with Gasteiger partial charge < -0.3 is 4.90 Å². The first-order chi connectivity index (χ1) is 10.5. The van der Waals surface area contributed by atoms with E-state index in [9.17, 15) is 8.42 Å². The summed E-state index contributed by atoms with van der Waals surface area (Å²) >= 11 is 0. The molecular weight excluding hydrogens is 296 g/mol. The Morgan fingerprint density at radius 1 is 0.773 bits per heavy atom. The van der Waals surface area contributed by atoms with Crippen LogP contribution in [0.3, 0.4) is 0 Å². The molecule has 2 aromatic carbocycles. The lowest BCUT2D eigenvalue weighted by Crippen LogP contribution is -2.48. The van der Waals surface area contributed by atoms with Crippen LogP contribution in [0.5, 0.6) is 0 Å². The highest BCUT2D eigenvalue weighted by Gasteiger charge is 2.23. The Bertz CT molecular complexity index is 719. The second kappa shape index (κ2) is 6.10. The fourth-order valence-electron chi connectivity index (χ4n) is 2.77. The van der Waals surface area contributed by atoms with Crippen LogP contribution in [0.2, 0.25) is 0 Å². The number of sulfonamides is 1. The fourth-order valence-corrected chi connectivity index (χ4v) is 3.60. The lowest BCUT2D eigenvalue weighted by molar-refractivity contribution is 0.388. The Labute approximate surface area is 132 Å². The topological polar surface area (TPSA) is 40.6 Å². The van der Waals surface area contributed by atoms with Crippen molar-refractivity contribution in [3.8, 4) is 11.1 Å². The SMILES string of the molecule is CS(=O)(=O)N1CCN(c2ccc(-c3ccccc3)cc2)CC1. The summed E-state index contributed by atoms with van der Waals surface area (Å²) in [5, 5.41) is 0. The highest BCUT2D eigenvalue weighted by Crippen LogP contribution is 2.24. The molecule has 1 heterocycles. The van der Waals surface area contributed by atoms with E-state index >= 15 is 0 Å². The Balaban J connectivity index is 1.70. The van der Waals surface area contributed by atoms with Gasteiger partial charge in [-0.05, 0) is 23.3 Å². The highest BCUT2D eigenvalue weighted by atomic mass is 32.2. The fraction of sp³-hybridized carbons (Fsp3) is 0.294. The van der Waals surface area contributed by atoms with Crippen LogP contribution in [-0.2, 0) is 10.0 Å². The highest BCUT2D eigenvalue weighted by molar-refractivity contribution is 7.88. The summed E-state index contributed by atoms with van der Waals surface area (Å²) < 4.78 is 24.6. The summed E-state index contributed by atoms with van der Waals surface area (Å²) in [6, 6.07) is 18.7. The molecule has 4 nitrogen and oxygen atoms in total. The van der Waals surface area contributed by atoms with Crippen molar-refractivity contribution in [3.05, 3.63) is 54.6 Å². The normalized spacial score (nSPS) is 16.7. The van der Waals surface area contributed by atoms with Crippen molar-refractivity contribution in [2.75, 3.05) is 37.3 Å². The van der Waals surface area contributed by atoms with Crippen molar-refractivity contribution >= 4 is 15.7 Å². The summed E-state index contributed by atoms with van der Waals surface area (Å²) in [5.74, 6) is 0. The molecule has 5 heteroatoms. The summed E-state index contributed by atoms with van der Waals surface area (Å²) in [6.07, 6.45) is 1.28. The molecule has 1 aliphatic rings. The average Bonchev–Trinajstić information content (AvgIpc) is 2.55. The van der Waals surface area contributed by atoms with Gasteiger partial charge in [0, 0.05) is 31.9 Å². The van der Waals surface area contributed by atoms with Crippen LogP contribution in [0, 0.1) is 0 Å². The lowest BCUT2D eigenvalue weighted by Gasteiger charge is -2.34. The number of benzene rings is 2. The van der Waals surface area contributed by atoms with Gasteiger partial charge in [0.2, 0.25) is 10.0 Å². The van der Waals surface area contributed by atoms with E-state index in [2.05, 4.69) is 41.3 Å². The van der Waals surface area contributed by atoms with Crippen LogP contribution >= 0.6 is 0 Å². The van der Waals surface area contributed by atoms with Crippen molar-refractivity contribution in [1.29, 1.82) is 0 Å². The van der Waals surface area contributed by atoms with Crippen LogP contribution in [-0.4, -0.2) is 45.2 Å². The van der Waals surface area contributed by atoms with Gasteiger partial charge in [0.25, 0.3) is 0 Å². The number of hydrogen-bond acceptors (Lipinski definition) is 3. The Morgan fingerprint density at radius 2 is 1.32 bits per heavy atom. The zero-order valence-corrected chi connectivity index (χ0v) is 13.5. The van der Waals surface area contributed by atoms with Crippen molar-refractivity contribution in [1.82, 2.24) is 4.31 Å². The third-order valence-electron chi connectivity index (χ3n) is 4.05. The maximum atomic E-state index is 11.5. The van der Waals surface area contributed by atoms with Crippen LogP contribution in [0.15, 0.2) is 54.6 Å². The van der Waals surface area contributed by atoms with Gasteiger partial charge in [0.1, 0.15) is 0 Å². The van der Waals surface area contributed by atoms with Gasteiger partial charge in [0.05, 0.1) is 6.26 Å². The van der Waals surface area contributed by atoms with Crippen molar-refractivity contribution in [3.63, 3.8) is 0 Å². The number of rotatable bonds is 3. The zero-order chi connectivity index (χ0) is 15.6. The Kier molecular flexibility index (Phi) is 4.18. The second-order valence-electron chi connectivity index (χ2n) is 5.56. The first kappa shape index (κ1) is 15.1. The molecule has 0 aromatic heterocycles. The van der Waals surface area contributed by atoms with E-state index in [4.69, 9.17) is 0 Å². The molecule has 0 unspecified atom stereocenters. The predicted octanol–water partition coefficient (Wildman–Crippen LogP) is 2.44. The standard InChI is InChI=1S/C17H20N2O2S/c1-22(20,21)19-13-11-18(12-14-19)17-9-7-16(8-10-17)15-5-3-2-4-6-15/h2-10H,11-14H2,1H3. The van der Waals surface area contributed by atoms with E-state index in [0.717, 1.165) is 18.8 Å². The monoisotopic (exact) mass is 316 g/mol. The van der Waals surface area contributed by atoms with Gasteiger partial charge in [-0.15, -0.1) is 0 Å². The molecule has 0 saturated carbocycles.